The fourth-order valence-corrected chi connectivity index (χ4v) is 4.62. The summed E-state index contributed by atoms with van der Waals surface area (Å²) in [6.07, 6.45) is 4.34. The van der Waals surface area contributed by atoms with E-state index in [1.165, 1.54) is 34.6 Å². The van der Waals surface area contributed by atoms with Crippen LogP contribution in [0.15, 0.2) is 78.1 Å². The molecule has 2 aromatic heterocycles. The Balaban J connectivity index is 1.86. The van der Waals surface area contributed by atoms with Gasteiger partial charge in [0.2, 0.25) is 5.75 Å². The van der Waals surface area contributed by atoms with Crippen molar-refractivity contribution in [2.45, 2.75) is 11.4 Å². The Morgan fingerprint density at radius 2 is 1.97 bits per heavy atom. The lowest BCUT2D eigenvalue weighted by molar-refractivity contribution is -0.385. The van der Waals surface area contributed by atoms with Crippen LogP contribution >= 0.6 is 0 Å². The summed E-state index contributed by atoms with van der Waals surface area (Å²) in [5.41, 5.74) is 0.990. The monoisotopic (exact) mass is 438 g/mol. The minimum Gasteiger partial charge on any atom is -0.450 e. The fraction of sp³-hybridized carbons (Fsp3) is 0.0952. The van der Waals surface area contributed by atoms with Crippen LogP contribution < -0.4 is 10.1 Å². The zero-order chi connectivity index (χ0) is 22.0. The van der Waals surface area contributed by atoms with Crippen LogP contribution in [0.2, 0.25) is 0 Å². The first kappa shape index (κ1) is 20.5. The molecule has 0 saturated heterocycles. The molecule has 0 fully saturated rings. The summed E-state index contributed by atoms with van der Waals surface area (Å²) in [7, 11) is -2.14. The van der Waals surface area contributed by atoms with Gasteiger partial charge in [-0.2, -0.15) is 0 Å². The lowest BCUT2D eigenvalue weighted by atomic mass is 10.1. The van der Waals surface area contributed by atoms with Crippen molar-refractivity contribution in [1.29, 1.82) is 0 Å². The minimum atomic E-state index is -3.91. The van der Waals surface area contributed by atoms with E-state index in [4.69, 9.17) is 4.74 Å². The standard InChI is InChI=1S/C21H18N4O5S/c1-22-12-15-14-24(31(28,29)17-5-4-10-23-13-17)20-11-16(8-9-18(15)20)30-21-7-3-2-6-19(21)25(26)27/h2-11,13-14,22H,12H2,1H3. The summed E-state index contributed by atoms with van der Waals surface area (Å²) < 4.78 is 33.4. The molecule has 2 aromatic carbocycles. The second kappa shape index (κ2) is 8.17. The van der Waals surface area contributed by atoms with Crippen molar-refractivity contribution in [3.05, 3.63) is 88.9 Å². The number of aromatic nitrogens is 2. The van der Waals surface area contributed by atoms with Crippen LogP contribution in [0.4, 0.5) is 5.69 Å². The number of nitro benzene ring substituents is 1. The molecule has 0 saturated carbocycles. The maximum Gasteiger partial charge on any atom is 0.311 e. The van der Waals surface area contributed by atoms with Crippen LogP contribution in [0.25, 0.3) is 10.9 Å². The van der Waals surface area contributed by atoms with Gasteiger partial charge in [0.25, 0.3) is 10.0 Å². The van der Waals surface area contributed by atoms with Crippen LogP contribution in [0, 0.1) is 10.1 Å². The number of benzene rings is 2. The summed E-state index contributed by atoms with van der Waals surface area (Å²) in [4.78, 5) is 14.7. The van der Waals surface area contributed by atoms with Gasteiger partial charge in [-0.15, -0.1) is 0 Å². The molecule has 0 atom stereocenters. The first-order valence-electron chi connectivity index (χ1n) is 9.27. The molecule has 10 heteroatoms. The molecule has 0 amide bonds. The summed E-state index contributed by atoms with van der Waals surface area (Å²) in [6, 6.07) is 14.0. The van der Waals surface area contributed by atoms with Crippen molar-refractivity contribution in [3.8, 4) is 11.5 Å². The zero-order valence-corrected chi connectivity index (χ0v) is 17.2. The van der Waals surface area contributed by atoms with Gasteiger partial charge in [-0.25, -0.2) is 12.4 Å². The molecule has 0 bridgehead atoms. The molecule has 158 valence electrons. The number of nitrogens with zero attached hydrogens (tertiary/aromatic N) is 3. The maximum absolute atomic E-state index is 13.3. The predicted octanol–water partition coefficient (Wildman–Crippen LogP) is 3.69. The van der Waals surface area contributed by atoms with Gasteiger partial charge in [-0.3, -0.25) is 15.1 Å². The Labute approximate surface area is 178 Å². The molecule has 4 rings (SSSR count). The molecule has 2 heterocycles. The van der Waals surface area contributed by atoms with E-state index in [0.717, 1.165) is 10.9 Å². The molecule has 1 N–H and O–H groups in total. The van der Waals surface area contributed by atoms with E-state index in [9.17, 15) is 18.5 Å². The van der Waals surface area contributed by atoms with Crippen molar-refractivity contribution in [2.75, 3.05) is 7.05 Å². The second-order valence-corrected chi connectivity index (χ2v) is 8.50. The van der Waals surface area contributed by atoms with Crippen molar-refractivity contribution >= 4 is 26.6 Å². The van der Waals surface area contributed by atoms with E-state index in [0.29, 0.717) is 12.1 Å². The van der Waals surface area contributed by atoms with Crippen molar-refractivity contribution in [2.24, 2.45) is 0 Å². The number of nitrogens with one attached hydrogen (secondary N) is 1. The first-order chi connectivity index (χ1) is 14.9. The third kappa shape index (κ3) is 3.86. The van der Waals surface area contributed by atoms with Crippen molar-refractivity contribution in [1.82, 2.24) is 14.3 Å². The number of nitro groups is 1. The van der Waals surface area contributed by atoms with Gasteiger partial charge < -0.3 is 10.1 Å². The topological polar surface area (TPSA) is 116 Å². The fourth-order valence-electron chi connectivity index (χ4n) is 3.27. The van der Waals surface area contributed by atoms with Gasteiger partial charge in [0.1, 0.15) is 10.6 Å². The minimum absolute atomic E-state index is 0.0490. The molecule has 0 unspecified atom stereocenters. The number of fused-ring (bicyclic) bond motifs is 1. The molecular formula is C21H18N4O5S. The van der Waals surface area contributed by atoms with E-state index < -0.39 is 14.9 Å². The number of rotatable bonds is 7. The number of hydrogen-bond acceptors (Lipinski definition) is 7. The number of ether oxygens (including phenoxy) is 1. The average molecular weight is 438 g/mol. The molecular weight excluding hydrogens is 420 g/mol. The Kier molecular flexibility index (Phi) is 5.40. The average Bonchev–Trinajstić information content (AvgIpc) is 3.13. The van der Waals surface area contributed by atoms with Gasteiger partial charge in [-0.05, 0) is 42.9 Å². The SMILES string of the molecule is CNCc1cn(S(=O)(=O)c2cccnc2)c2cc(Oc3ccccc3[N+](=O)[O-])ccc12. The van der Waals surface area contributed by atoms with Gasteiger partial charge >= 0.3 is 5.69 Å². The third-order valence-electron chi connectivity index (χ3n) is 4.67. The quantitative estimate of drug-likeness (QED) is 0.345. The lowest BCUT2D eigenvalue weighted by Crippen LogP contribution is -2.12. The molecule has 4 aromatic rings. The van der Waals surface area contributed by atoms with Gasteiger partial charge in [0.05, 0.1) is 10.4 Å². The molecule has 0 radical (unpaired) electrons. The first-order valence-corrected chi connectivity index (χ1v) is 10.7. The zero-order valence-electron chi connectivity index (χ0n) is 16.4. The Hall–Kier alpha value is -3.76. The number of pyridine rings is 1. The Morgan fingerprint density at radius 3 is 2.68 bits per heavy atom. The van der Waals surface area contributed by atoms with Crippen LogP contribution in [0.1, 0.15) is 5.56 Å². The highest BCUT2D eigenvalue weighted by Crippen LogP contribution is 2.34. The smallest absolute Gasteiger partial charge is 0.311 e. The van der Waals surface area contributed by atoms with Crippen LogP contribution in [-0.2, 0) is 16.6 Å². The molecule has 0 aliphatic heterocycles. The Bertz CT molecular complexity index is 1370. The van der Waals surface area contributed by atoms with Gasteiger partial charge in [-0.1, -0.05) is 12.1 Å². The normalized spacial score (nSPS) is 11.5. The van der Waals surface area contributed by atoms with Crippen LogP contribution in [-0.4, -0.2) is 29.3 Å². The number of hydrogen-bond donors (Lipinski definition) is 1. The van der Waals surface area contributed by atoms with Crippen molar-refractivity contribution in [3.63, 3.8) is 0 Å². The van der Waals surface area contributed by atoms with Crippen molar-refractivity contribution < 1.29 is 18.1 Å². The van der Waals surface area contributed by atoms with Gasteiger partial charge in [0, 0.05) is 42.7 Å². The summed E-state index contributed by atoms with van der Waals surface area (Å²) in [5, 5.41) is 15.0. The maximum atomic E-state index is 13.3. The van der Waals surface area contributed by atoms with E-state index in [2.05, 4.69) is 10.3 Å². The molecule has 9 nitrogen and oxygen atoms in total. The molecule has 0 aliphatic carbocycles. The lowest BCUT2D eigenvalue weighted by Gasteiger charge is -2.09. The molecule has 0 spiro atoms. The van der Waals surface area contributed by atoms with E-state index >= 15 is 0 Å². The van der Waals surface area contributed by atoms with E-state index in [-0.39, 0.29) is 22.1 Å². The van der Waals surface area contributed by atoms with Crippen LogP contribution in [0.3, 0.4) is 0 Å². The second-order valence-electron chi connectivity index (χ2n) is 6.68. The largest absolute Gasteiger partial charge is 0.450 e. The van der Waals surface area contributed by atoms with Gasteiger partial charge in [0.15, 0.2) is 0 Å². The highest BCUT2D eigenvalue weighted by atomic mass is 32.2. The summed E-state index contributed by atoms with van der Waals surface area (Å²) >= 11 is 0. The van der Waals surface area contributed by atoms with E-state index in [1.807, 2.05) is 0 Å². The third-order valence-corrected chi connectivity index (χ3v) is 6.33. The summed E-state index contributed by atoms with van der Waals surface area (Å²) in [5.74, 6) is 0.342. The molecule has 0 aliphatic rings. The highest BCUT2D eigenvalue weighted by Gasteiger charge is 2.22. The van der Waals surface area contributed by atoms with E-state index in [1.54, 1.807) is 49.6 Å². The predicted molar refractivity (Wildman–Crippen MR) is 115 cm³/mol. The highest BCUT2D eigenvalue weighted by molar-refractivity contribution is 7.90. The molecule has 31 heavy (non-hydrogen) atoms. The number of para-hydroxylation sites is 2. The summed E-state index contributed by atoms with van der Waals surface area (Å²) in [6.45, 7) is 0.455. The Morgan fingerprint density at radius 1 is 1.16 bits per heavy atom. The van der Waals surface area contributed by atoms with Crippen LogP contribution in [0.5, 0.6) is 11.5 Å².